The Morgan fingerprint density at radius 1 is 1.08 bits per heavy atom. The second-order valence-corrected chi connectivity index (χ2v) is 8.49. The first-order chi connectivity index (χ1) is 11.6. The van der Waals surface area contributed by atoms with Gasteiger partial charge in [-0.05, 0) is 36.6 Å². The lowest BCUT2D eigenvalue weighted by Gasteiger charge is -2.27. The average molecular weight is 338 g/mol. The fourth-order valence-electron chi connectivity index (χ4n) is 2.93. The van der Waals surface area contributed by atoms with Gasteiger partial charge in [0.1, 0.15) is 0 Å². The van der Waals surface area contributed by atoms with Gasteiger partial charge in [-0.25, -0.2) is 8.42 Å². The van der Waals surface area contributed by atoms with Crippen molar-refractivity contribution < 1.29 is 8.42 Å². The number of sulfonamides is 1. The van der Waals surface area contributed by atoms with Crippen LogP contribution >= 0.6 is 0 Å². The maximum atomic E-state index is 12.4. The summed E-state index contributed by atoms with van der Waals surface area (Å²) in [6.45, 7) is 0.954. The van der Waals surface area contributed by atoms with Crippen molar-refractivity contribution >= 4 is 10.0 Å². The number of benzene rings is 1. The van der Waals surface area contributed by atoms with Gasteiger partial charge in [-0.3, -0.25) is 4.98 Å². The molecule has 24 heavy (non-hydrogen) atoms. The largest absolute Gasteiger partial charge is 0.260 e. The average Bonchev–Trinajstić information content (AvgIpc) is 3.46. The highest BCUT2D eigenvalue weighted by Gasteiger charge is 2.41. The minimum atomic E-state index is -3.13. The predicted octanol–water partition coefficient (Wildman–Crippen LogP) is 2.33. The van der Waals surface area contributed by atoms with Crippen LogP contribution in [0.2, 0.25) is 0 Å². The van der Waals surface area contributed by atoms with Gasteiger partial charge in [-0.15, -0.1) is 0 Å². The molecule has 0 N–H and O–H groups in total. The minimum Gasteiger partial charge on any atom is -0.260 e. The Kier molecular flexibility index (Phi) is 3.87. The molecule has 0 radical (unpaired) electrons. The van der Waals surface area contributed by atoms with Gasteiger partial charge in [-0.2, -0.15) is 4.31 Å². The predicted molar refractivity (Wildman–Crippen MR) is 92.7 cm³/mol. The van der Waals surface area contributed by atoms with Crippen LogP contribution in [0.5, 0.6) is 0 Å². The number of fused-ring (bicyclic) bond motifs is 1. The smallest absolute Gasteiger partial charge is 0.217 e. The van der Waals surface area contributed by atoms with Gasteiger partial charge >= 0.3 is 0 Å². The molecule has 4 rings (SSSR count). The molecule has 4 nitrogen and oxygen atoms in total. The maximum Gasteiger partial charge on any atom is 0.217 e. The summed E-state index contributed by atoms with van der Waals surface area (Å²) in [6.07, 6.45) is 4.05. The minimum absolute atomic E-state index is 0.159. The van der Waals surface area contributed by atoms with Crippen LogP contribution in [0.4, 0.5) is 0 Å². The molecule has 1 fully saturated rings. The van der Waals surface area contributed by atoms with Gasteiger partial charge in [0.05, 0.1) is 5.25 Å². The topological polar surface area (TPSA) is 50.3 Å². The molecule has 0 saturated heterocycles. The molecule has 2 heterocycles. The van der Waals surface area contributed by atoms with Crippen molar-refractivity contribution in [2.45, 2.75) is 31.1 Å². The van der Waals surface area contributed by atoms with Crippen molar-refractivity contribution in [1.29, 1.82) is 0 Å². The normalized spacial score (nSPS) is 17.7. The van der Waals surface area contributed by atoms with E-state index in [-0.39, 0.29) is 5.25 Å². The molecule has 1 aromatic carbocycles. The van der Waals surface area contributed by atoms with Gasteiger partial charge in [0.15, 0.2) is 0 Å². The van der Waals surface area contributed by atoms with E-state index in [1.54, 1.807) is 10.5 Å². The van der Waals surface area contributed by atoms with Crippen LogP contribution in [-0.4, -0.2) is 29.5 Å². The molecule has 0 atom stereocenters. The summed E-state index contributed by atoms with van der Waals surface area (Å²) in [5, 5.41) is -0.159. The van der Waals surface area contributed by atoms with Gasteiger partial charge in [0.2, 0.25) is 10.0 Å². The highest BCUT2D eigenvalue weighted by Crippen LogP contribution is 2.33. The summed E-state index contributed by atoms with van der Waals surface area (Å²) in [5.41, 5.74) is 3.74. The molecule has 0 spiro atoms. The van der Waals surface area contributed by atoms with E-state index in [1.807, 2.05) is 36.4 Å². The summed E-state index contributed by atoms with van der Waals surface area (Å²) in [5.74, 6) is 6.23. The molecule has 0 bridgehead atoms. The Morgan fingerprint density at radius 2 is 1.83 bits per heavy atom. The quantitative estimate of drug-likeness (QED) is 0.790. The van der Waals surface area contributed by atoms with E-state index in [0.717, 1.165) is 35.2 Å². The third-order valence-corrected chi connectivity index (χ3v) is 6.78. The Morgan fingerprint density at radius 3 is 2.58 bits per heavy atom. The van der Waals surface area contributed by atoms with Gasteiger partial charge in [-0.1, -0.05) is 30.0 Å². The number of rotatable bonds is 2. The fourth-order valence-corrected chi connectivity index (χ4v) is 4.75. The monoisotopic (exact) mass is 338 g/mol. The first-order valence-corrected chi connectivity index (χ1v) is 9.67. The first kappa shape index (κ1) is 15.4. The lowest BCUT2D eigenvalue weighted by Crippen LogP contribution is -2.38. The standard InChI is InChI=1S/C19H18N2O2S/c22-24(23,18-8-9-18)21-11-10-19-17(14-21)12-16(13-20-19)7-6-15-4-2-1-3-5-15/h1-5,12-13,18H,8-11,14H2. The molecular formula is C19H18N2O2S. The van der Waals surface area contributed by atoms with Crippen molar-refractivity contribution in [1.82, 2.24) is 9.29 Å². The molecule has 1 aliphatic heterocycles. The SMILES string of the molecule is O=S(=O)(C1CC1)N1CCc2ncc(C#Cc3ccccc3)cc2C1. The summed E-state index contributed by atoms with van der Waals surface area (Å²) >= 11 is 0. The van der Waals surface area contributed by atoms with Crippen LogP contribution in [0.1, 0.15) is 35.2 Å². The van der Waals surface area contributed by atoms with E-state index in [9.17, 15) is 8.42 Å². The lowest BCUT2D eigenvalue weighted by molar-refractivity contribution is 0.387. The van der Waals surface area contributed by atoms with E-state index in [0.29, 0.717) is 19.5 Å². The summed E-state index contributed by atoms with van der Waals surface area (Å²) in [6, 6.07) is 11.8. The van der Waals surface area contributed by atoms with Crippen molar-refractivity contribution in [2.75, 3.05) is 6.54 Å². The van der Waals surface area contributed by atoms with Crippen LogP contribution in [0, 0.1) is 11.8 Å². The van der Waals surface area contributed by atoms with Crippen LogP contribution in [0.15, 0.2) is 42.6 Å². The zero-order valence-electron chi connectivity index (χ0n) is 13.3. The molecule has 1 saturated carbocycles. The molecule has 122 valence electrons. The molecule has 2 aliphatic rings. The van der Waals surface area contributed by atoms with E-state index in [4.69, 9.17) is 0 Å². The first-order valence-electron chi connectivity index (χ1n) is 8.17. The number of pyridine rings is 1. The van der Waals surface area contributed by atoms with Crippen LogP contribution in [-0.2, 0) is 23.0 Å². The highest BCUT2D eigenvalue weighted by atomic mass is 32.2. The summed E-state index contributed by atoms with van der Waals surface area (Å²) in [4.78, 5) is 4.48. The Balaban J connectivity index is 1.58. The highest BCUT2D eigenvalue weighted by molar-refractivity contribution is 7.90. The van der Waals surface area contributed by atoms with E-state index < -0.39 is 10.0 Å². The van der Waals surface area contributed by atoms with Crippen LogP contribution in [0.3, 0.4) is 0 Å². The molecule has 1 aromatic heterocycles. The maximum absolute atomic E-state index is 12.4. The van der Waals surface area contributed by atoms with E-state index >= 15 is 0 Å². The molecule has 1 aliphatic carbocycles. The Bertz CT molecular complexity index is 923. The summed E-state index contributed by atoms with van der Waals surface area (Å²) < 4.78 is 26.5. The zero-order valence-corrected chi connectivity index (χ0v) is 14.1. The van der Waals surface area contributed by atoms with Crippen molar-refractivity contribution in [3.63, 3.8) is 0 Å². The van der Waals surface area contributed by atoms with Gasteiger partial charge in [0, 0.05) is 42.5 Å². The third-order valence-electron chi connectivity index (χ3n) is 4.44. The number of hydrogen-bond acceptors (Lipinski definition) is 3. The van der Waals surface area contributed by atoms with Gasteiger partial charge < -0.3 is 0 Å². The second kappa shape index (κ2) is 6.04. The number of hydrogen-bond donors (Lipinski definition) is 0. The number of aromatic nitrogens is 1. The molecule has 0 unspecified atom stereocenters. The van der Waals surface area contributed by atoms with Crippen LogP contribution in [0.25, 0.3) is 0 Å². The fraction of sp³-hybridized carbons (Fsp3) is 0.316. The third kappa shape index (κ3) is 3.08. The molecule has 2 aromatic rings. The zero-order chi connectivity index (χ0) is 16.6. The summed E-state index contributed by atoms with van der Waals surface area (Å²) in [7, 11) is -3.13. The van der Waals surface area contributed by atoms with E-state index in [2.05, 4.69) is 16.8 Å². The van der Waals surface area contributed by atoms with Crippen LogP contribution < -0.4 is 0 Å². The van der Waals surface area contributed by atoms with Crippen molar-refractivity contribution in [3.05, 3.63) is 65.0 Å². The Labute approximate surface area is 142 Å². The van der Waals surface area contributed by atoms with Crippen molar-refractivity contribution in [3.8, 4) is 11.8 Å². The van der Waals surface area contributed by atoms with Gasteiger partial charge in [0.25, 0.3) is 0 Å². The molecule has 5 heteroatoms. The number of nitrogens with zero attached hydrogens (tertiary/aromatic N) is 2. The Hall–Kier alpha value is -2.16. The van der Waals surface area contributed by atoms with Crippen molar-refractivity contribution in [2.24, 2.45) is 0 Å². The molecular weight excluding hydrogens is 320 g/mol. The molecule has 0 amide bonds. The van der Waals surface area contributed by atoms with E-state index in [1.165, 1.54) is 0 Å². The second-order valence-electron chi connectivity index (χ2n) is 6.27. The lowest BCUT2D eigenvalue weighted by atomic mass is 10.1.